The second-order valence-corrected chi connectivity index (χ2v) is 11.9. The van der Waals surface area contributed by atoms with E-state index in [4.69, 9.17) is 24.7 Å². The minimum Gasteiger partial charge on any atom is -0.507 e. The zero-order chi connectivity index (χ0) is 32.9. The van der Waals surface area contributed by atoms with Gasteiger partial charge in [0.1, 0.15) is 29.5 Å². The molecule has 6 N–H and O–H groups in total. The molecule has 0 aromatic heterocycles. The average molecular weight is 634 g/mol. The molecule has 0 amide bonds. The van der Waals surface area contributed by atoms with Crippen molar-refractivity contribution in [2.45, 2.75) is 69.0 Å². The Balaban J connectivity index is 1.36. The van der Waals surface area contributed by atoms with Crippen LogP contribution in [0.25, 0.3) is 0 Å². The number of phenolic OH excluding ortho intramolecular Hbond substituents is 2. The summed E-state index contributed by atoms with van der Waals surface area (Å²) in [6.07, 6.45) is -4.26. The fourth-order valence-electron chi connectivity index (χ4n) is 6.77. The fourth-order valence-corrected chi connectivity index (χ4v) is 6.77. The fraction of sp³-hybridized carbons (Fsp3) is 0.382. The van der Waals surface area contributed by atoms with Crippen LogP contribution in [0.15, 0.2) is 48.5 Å². The van der Waals surface area contributed by atoms with Crippen LogP contribution in [0.3, 0.4) is 0 Å². The van der Waals surface area contributed by atoms with Crippen molar-refractivity contribution in [3.63, 3.8) is 0 Å². The summed E-state index contributed by atoms with van der Waals surface area (Å²) < 4.78 is 23.7. The van der Waals surface area contributed by atoms with Crippen LogP contribution in [0, 0.1) is 0 Å². The van der Waals surface area contributed by atoms with Crippen LogP contribution in [0.4, 0.5) is 0 Å². The summed E-state index contributed by atoms with van der Waals surface area (Å²) in [7, 11) is 1.34. The van der Waals surface area contributed by atoms with Gasteiger partial charge >= 0.3 is 0 Å². The van der Waals surface area contributed by atoms with E-state index < -0.39 is 95.7 Å². The van der Waals surface area contributed by atoms with Crippen LogP contribution < -0.4 is 10.5 Å². The molecule has 3 aromatic carbocycles. The molecule has 3 aromatic rings. The number of methoxy groups -OCH3 is 1. The summed E-state index contributed by atoms with van der Waals surface area (Å²) in [6, 6.07) is 13.4. The minimum atomic E-state index is -2.24. The summed E-state index contributed by atoms with van der Waals surface area (Å²) >= 11 is 0. The first-order valence-electron chi connectivity index (χ1n) is 14.9. The number of ketones is 3. The third-order valence-electron chi connectivity index (χ3n) is 9.06. The van der Waals surface area contributed by atoms with Crippen molar-refractivity contribution >= 4 is 17.3 Å². The quantitative estimate of drug-likeness (QED) is 0.178. The van der Waals surface area contributed by atoms with E-state index in [-0.39, 0.29) is 34.4 Å². The van der Waals surface area contributed by atoms with Crippen molar-refractivity contribution in [1.29, 1.82) is 0 Å². The largest absolute Gasteiger partial charge is 0.507 e. The monoisotopic (exact) mass is 633 g/mol. The molecule has 12 nitrogen and oxygen atoms in total. The highest BCUT2D eigenvalue weighted by molar-refractivity contribution is 6.31. The van der Waals surface area contributed by atoms with Gasteiger partial charge in [0.05, 0.1) is 48.7 Å². The molecule has 46 heavy (non-hydrogen) atoms. The molecule has 6 rings (SSSR count). The highest BCUT2D eigenvalue weighted by Crippen LogP contribution is 2.52. The number of rotatable bonds is 8. The summed E-state index contributed by atoms with van der Waals surface area (Å²) in [5, 5.41) is 44.3. The lowest BCUT2D eigenvalue weighted by Gasteiger charge is -2.43. The van der Waals surface area contributed by atoms with E-state index in [1.165, 1.54) is 25.3 Å². The number of nitrogens with two attached hydrogens (primary N) is 1. The molecule has 0 spiro atoms. The maximum Gasteiger partial charge on any atom is 0.202 e. The van der Waals surface area contributed by atoms with Gasteiger partial charge in [-0.3, -0.25) is 14.4 Å². The van der Waals surface area contributed by atoms with Gasteiger partial charge in [-0.15, -0.1) is 0 Å². The Hall–Kier alpha value is -4.17. The van der Waals surface area contributed by atoms with Crippen LogP contribution in [0.1, 0.15) is 74.4 Å². The highest BCUT2D eigenvalue weighted by Gasteiger charge is 2.50. The number of aliphatic hydroxyl groups excluding tert-OH is 1. The molecule has 1 fully saturated rings. The number of hydrogen-bond donors (Lipinski definition) is 5. The SMILES string of the molecule is COc1cccc2c1C(=O)c1c(O)c3c(c(O)c1C2=O)CC(O)(C(=O)CO)CC3OC1CC(N)C(OCc2ccccc2)C(C)O1. The Morgan fingerprint density at radius 3 is 2.41 bits per heavy atom. The standard InChI is InChI=1S/C34H35NO11/c1-16-33(44-15-17-7-4-3-5-8-17)20(35)11-24(45-16)46-22-13-34(42,23(37)14-36)12-19-26(22)32(41)28-27(30(19)39)29(38)18-9-6-10-21(43-2)25(18)31(28)40/h3-10,16,20,22,24,33,36,39,41-42H,11-15,35H2,1-2H3. The molecule has 1 saturated heterocycles. The van der Waals surface area contributed by atoms with Crippen molar-refractivity contribution in [1.82, 2.24) is 0 Å². The van der Waals surface area contributed by atoms with Crippen molar-refractivity contribution in [3.05, 3.63) is 87.5 Å². The number of fused-ring (bicyclic) bond motifs is 3. The Bertz CT molecular complexity index is 1700. The molecule has 0 radical (unpaired) electrons. The van der Waals surface area contributed by atoms with Crippen molar-refractivity contribution < 1.29 is 53.8 Å². The van der Waals surface area contributed by atoms with Crippen LogP contribution in [0.2, 0.25) is 0 Å². The van der Waals surface area contributed by atoms with E-state index >= 15 is 0 Å². The van der Waals surface area contributed by atoms with Crippen molar-refractivity contribution in [2.75, 3.05) is 13.7 Å². The number of Topliss-reactive ketones (excluding diaryl/α,β-unsaturated/α-hetero) is 1. The van der Waals surface area contributed by atoms with E-state index in [0.29, 0.717) is 6.61 Å². The van der Waals surface area contributed by atoms with E-state index in [9.17, 15) is 34.8 Å². The number of hydrogen-bond acceptors (Lipinski definition) is 12. The van der Waals surface area contributed by atoms with Gasteiger partial charge in [-0.25, -0.2) is 0 Å². The van der Waals surface area contributed by atoms with Gasteiger partial charge in [-0.1, -0.05) is 42.5 Å². The summed E-state index contributed by atoms with van der Waals surface area (Å²) in [6.45, 7) is 1.06. The molecule has 1 heterocycles. The molecule has 1 aliphatic heterocycles. The van der Waals surface area contributed by atoms with Crippen molar-refractivity contribution in [3.8, 4) is 17.2 Å². The Kier molecular flexibility index (Phi) is 8.44. The molecule has 12 heteroatoms. The lowest BCUT2D eigenvalue weighted by Crippen LogP contribution is -2.54. The van der Waals surface area contributed by atoms with Gasteiger partial charge < -0.3 is 45.1 Å². The molecule has 3 aliphatic rings. The van der Waals surface area contributed by atoms with E-state index in [1.54, 1.807) is 6.92 Å². The molecular formula is C34H35NO11. The van der Waals surface area contributed by atoms with Gasteiger partial charge in [-0.05, 0) is 18.6 Å². The lowest BCUT2D eigenvalue weighted by atomic mass is 9.72. The molecule has 242 valence electrons. The van der Waals surface area contributed by atoms with Gasteiger partial charge in [0.25, 0.3) is 0 Å². The molecule has 2 aliphatic carbocycles. The number of phenols is 2. The average Bonchev–Trinajstić information content (AvgIpc) is 3.04. The second kappa shape index (κ2) is 12.2. The number of carbonyl (C=O) groups excluding carboxylic acids is 3. The van der Waals surface area contributed by atoms with Gasteiger partial charge in [0, 0.05) is 42.0 Å². The van der Waals surface area contributed by atoms with Crippen LogP contribution in [-0.2, 0) is 32.0 Å². The summed E-state index contributed by atoms with van der Waals surface area (Å²) in [4.78, 5) is 40.3. The Labute approximate surface area is 264 Å². The number of benzene rings is 3. The molecule has 6 unspecified atom stereocenters. The molecular weight excluding hydrogens is 598 g/mol. The lowest BCUT2D eigenvalue weighted by molar-refractivity contribution is -0.254. The second-order valence-electron chi connectivity index (χ2n) is 11.9. The molecule has 0 bridgehead atoms. The highest BCUT2D eigenvalue weighted by atomic mass is 16.7. The zero-order valence-corrected chi connectivity index (χ0v) is 25.3. The van der Waals surface area contributed by atoms with Gasteiger partial charge in [-0.2, -0.15) is 0 Å². The maximum absolute atomic E-state index is 13.8. The van der Waals surface area contributed by atoms with Gasteiger partial charge in [0.15, 0.2) is 17.9 Å². The predicted octanol–water partition coefficient (Wildman–Crippen LogP) is 2.23. The van der Waals surface area contributed by atoms with E-state index in [1.807, 2.05) is 30.3 Å². The number of aromatic hydroxyl groups is 2. The van der Waals surface area contributed by atoms with E-state index in [2.05, 4.69) is 0 Å². The first-order valence-corrected chi connectivity index (χ1v) is 14.9. The first kappa shape index (κ1) is 31.8. The Morgan fingerprint density at radius 2 is 1.74 bits per heavy atom. The minimum absolute atomic E-state index is 0.0422. The number of carbonyl (C=O) groups is 3. The van der Waals surface area contributed by atoms with Crippen LogP contribution in [-0.4, -0.2) is 81.6 Å². The molecule has 6 atom stereocenters. The summed E-state index contributed by atoms with van der Waals surface area (Å²) in [5.74, 6) is -3.68. The number of aliphatic hydroxyl groups is 2. The third kappa shape index (κ3) is 5.26. The van der Waals surface area contributed by atoms with Crippen LogP contribution in [0.5, 0.6) is 17.2 Å². The van der Waals surface area contributed by atoms with E-state index in [0.717, 1.165) is 5.56 Å². The normalized spacial score (nSPS) is 27.0. The smallest absolute Gasteiger partial charge is 0.202 e. The maximum atomic E-state index is 13.8. The van der Waals surface area contributed by atoms with Gasteiger partial charge in [0.2, 0.25) is 5.78 Å². The number of ether oxygens (including phenoxy) is 4. The van der Waals surface area contributed by atoms with Crippen LogP contribution >= 0.6 is 0 Å². The van der Waals surface area contributed by atoms with Crippen molar-refractivity contribution in [2.24, 2.45) is 5.73 Å². The molecule has 0 saturated carbocycles. The zero-order valence-electron chi connectivity index (χ0n) is 25.3. The first-order chi connectivity index (χ1) is 22.0. The summed E-state index contributed by atoms with van der Waals surface area (Å²) in [5.41, 5.74) is 3.93. The topological polar surface area (TPSA) is 195 Å². The Morgan fingerprint density at radius 1 is 1.02 bits per heavy atom. The predicted molar refractivity (Wildman–Crippen MR) is 161 cm³/mol. The third-order valence-corrected chi connectivity index (χ3v) is 9.06.